The zero-order valence-corrected chi connectivity index (χ0v) is 19.4. The van der Waals surface area contributed by atoms with Crippen LogP contribution in [0.1, 0.15) is 11.1 Å². The second-order valence-electron chi connectivity index (χ2n) is 7.44. The quantitative estimate of drug-likeness (QED) is 0.343. The number of nitrogens with one attached hydrogen (secondary N) is 1. The molecule has 3 aromatic carbocycles. The van der Waals surface area contributed by atoms with Crippen LogP contribution in [0.5, 0.6) is 17.2 Å². The molecule has 0 aliphatic carbocycles. The van der Waals surface area contributed by atoms with Gasteiger partial charge >= 0.3 is 0 Å². The summed E-state index contributed by atoms with van der Waals surface area (Å²) in [6.07, 6.45) is 0.160. The summed E-state index contributed by atoms with van der Waals surface area (Å²) in [5, 5.41) is 12.5. The Morgan fingerprint density at radius 2 is 1.68 bits per heavy atom. The van der Waals surface area contributed by atoms with Crippen molar-refractivity contribution in [3.8, 4) is 28.5 Å². The van der Waals surface area contributed by atoms with E-state index in [1.54, 1.807) is 37.4 Å². The molecular weight excluding hydrogens is 452 g/mol. The number of aromatic hydroxyl groups is 1. The van der Waals surface area contributed by atoms with E-state index in [0.29, 0.717) is 29.6 Å². The van der Waals surface area contributed by atoms with Crippen molar-refractivity contribution in [3.05, 3.63) is 102 Å². The summed E-state index contributed by atoms with van der Waals surface area (Å²) in [5.74, 6) is 1.59. The third kappa shape index (κ3) is 6.49. The highest BCUT2D eigenvalue weighted by atomic mass is 35.5. The number of pyridine rings is 1. The van der Waals surface area contributed by atoms with Gasteiger partial charge in [-0.05, 0) is 47.5 Å². The first-order chi connectivity index (χ1) is 16.1. The summed E-state index contributed by atoms with van der Waals surface area (Å²) in [5.41, 5.74) is 3.27. The highest BCUT2D eigenvalue weighted by Crippen LogP contribution is 2.29. The van der Waals surface area contributed by atoms with Gasteiger partial charge in [0.25, 0.3) is 0 Å². The van der Waals surface area contributed by atoms with Gasteiger partial charge in [0, 0.05) is 5.56 Å². The molecule has 0 atom stereocenters. The van der Waals surface area contributed by atoms with Crippen LogP contribution in [0.4, 0.5) is 5.82 Å². The van der Waals surface area contributed by atoms with Gasteiger partial charge in [0.2, 0.25) is 5.91 Å². The summed E-state index contributed by atoms with van der Waals surface area (Å²) < 4.78 is 11.3. The number of carbonyl (C=O) groups excluding carboxylic acids is 1. The van der Waals surface area contributed by atoms with E-state index in [4.69, 9.17) is 9.47 Å². The molecule has 0 bridgehead atoms. The Labute approximate surface area is 204 Å². The second kappa shape index (κ2) is 11.7. The lowest BCUT2D eigenvalue weighted by Crippen LogP contribution is -2.15. The minimum atomic E-state index is -0.199. The minimum absolute atomic E-state index is 0. The number of halogens is 1. The first kappa shape index (κ1) is 24.6. The molecule has 4 aromatic rings. The molecule has 7 heteroatoms. The number of ether oxygens (including phenoxy) is 2. The number of carbonyl (C=O) groups is 1. The molecule has 0 aliphatic rings. The topological polar surface area (TPSA) is 80.7 Å². The predicted molar refractivity (Wildman–Crippen MR) is 135 cm³/mol. The average molecular weight is 477 g/mol. The van der Waals surface area contributed by atoms with E-state index in [-0.39, 0.29) is 30.5 Å². The molecule has 0 fully saturated rings. The zero-order valence-electron chi connectivity index (χ0n) is 18.6. The number of hydrogen-bond acceptors (Lipinski definition) is 5. The molecule has 0 unspecified atom stereocenters. The monoisotopic (exact) mass is 476 g/mol. The largest absolute Gasteiger partial charge is 0.508 e. The first-order valence-electron chi connectivity index (χ1n) is 10.5. The minimum Gasteiger partial charge on any atom is -0.508 e. The third-order valence-electron chi connectivity index (χ3n) is 4.99. The molecule has 6 nitrogen and oxygen atoms in total. The zero-order chi connectivity index (χ0) is 23.0. The van der Waals surface area contributed by atoms with Crippen molar-refractivity contribution in [2.75, 3.05) is 12.4 Å². The van der Waals surface area contributed by atoms with Crippen LogP contribution in [0, 0.1) is 0 Å². The van der Waals surface area contributed by atoms with Crippen molar-refractivity contribution >= 4 is 24.1 Å². The molecule has 2 N–H and O–H groups in total. The molecule has 34 heavy (non-hydrogen) atoms. The van der Waals surface area contributed by atoms with Gasteiger partial charge in [-0.3, -0.25) is 4.79 Å². The van der Waals surface area contributed by atoms with E-state index in [1.165, 1.54) is 0 Å². The fraction of sp³-hybridized carbons (Fsp3) is 0.111. The van der Waals surface area contributed by atoms with Crippen molar-refractivity contribution in [2.24, 2.45) is 0 Å². The smallest absolute Gasteiger partial charge is 0.229 e. The Morgan fingerprint density at radius 3 is 2.44 bits per heavy atom. The summed E-state index contributed by atoms with van der Waals surface area (Å²) >= 11 is 0. The molecule has 1 amide bonds. The lowest BCUT2D eigenvalue weighted by atomic mass is 10.1. The summed E-state index contributed by atoms with van der Waals surface area (Å²) in [6, 6.07) is 27.5. The van der Waals surface area contributed by atoms with Gasteiger partial charge in [0.05, 0.1) is 19.2 Å². The van der Waals surface area contributed by atoms with Gasteiger partial charge in [0.15, 0.2) is 11.5 Å². The fourth-order valence-electron chi connectivity index (χ4n) is 3.38. The van der Waals surface area contributed by atoms with Crippen molar-refractivity contribution < 1.29 is 19.4 Å². The molecule has 0 radical (unpaired) electrons. The van der Waals surface area contributed by atoms with Crippen LogP contribution in [0.2, 0.25) is 0 Å². The van der Waals surface area contributed by atoms with Crippen LogP contribution < -0.4 is 14.8 Å². The summed E-state index contributed by atoms with van der Waals surface area (Å²) in [4.78, 5) is 17.1. The van der Waals surface area contributed by atoms with Gasteiger partial charge in [-0.15, -0.1) is 12.4 Å². The highest BCUT2D eigenvalue weighted by molar-refractivity contribution is 5.91. The van der Waals surface area contributed by atoms with E-state index in [0.717, 1.165) is 16.7 Å². The number of phenolic OH excluding ortho intramolecular Hbond substituents is 1. The summed E-state index contributed by atoms with van der Waals surface area (Å²) in [6.45, 7) is 0.429. The van der Waals surface area contributed by atoms with Crippen LogP contribution in [-0.2, 0) is 17.8 Å². The van der Waals surface area contributed by atoms with Crippen LogP contribution in [0.25, 0.3) is 11.3 Å². The standard InChI is InChI=1S/C27H24N2O4.ClH/c1-32-25-15-20(13-14-24(25)33-18-19-7-3-2-4-8-19)16-27(31)29-26-12-6-11-23(28-26)21-9-5-10-22(30)17-21;/h2-15,17,30H,16,18H2,1H3,(H,28,29,31);1H. The molecular formula is C27H25ClN2O4. The van der Waals surface area contributed by atoms with Crippen LogP contribution in [-0.4, -0.2) is 23.1 Å². The van der Waals surface area contributed by atoms with Gasteiger partial charge < -0.3 is 19.9 Å². The Kier molecular flexibility index (Phi) is 8.48. The fourth-order valence-corrected chi connectivity index (χ4v) is 3.38. The number of nitrogens with zero attached hydrogens (tertiary/aromatic N) is 1. The Hall–Kier alpha value is -4.03. The number of amides is 1. The van der Waals surface area contributed by atoms with Crippen LogP contribution >= 0.6 is 12.4 Å². The maximum absolute atomic E-state index is 12.6. The number of aromatic nitrogens is 1. The maximum Gasteiger partial charge on any atom is 0.229 e. The Bertz CT molecular complexity index is 1250. The molecule has 1 aromatic heterocycles. The van der Waals surface area contributed by atoms with Gasteiger partial charge in [-0.1, -0.05) is 54.6 Å². The molecule has 1 heterocycles. The van der Waals surface area contributed by atoms with E-state index in [9.17, 15) is 9.90 Å². The molecule has 0 aliphatic heterocycles. The van der Waals surface area contributed by atoms with Gasteiger partial charge in [0.1, 0.15) is 18.2 Å². The highest BCUT2D eigenvalue weighted by Gasteiger charge is 2.11. The molecule has 0 spiro atoms. The first-order valence-corrected chi connectivity index (χ1v) is 10.5. The molecule has 4 rings (SSSR count). The van der Waals surface area contributed by atoms with E-state index >= 15 is 0 Å². The number of anilines is 1. The van der Waals surface area contributed by atoms with Crippen molar-refractivity contribution in [3.63, 3.8) is 0 Å². The number of methoxy groups -OCH3 is 1. The molecule has 174 valence electrons. The van der Waals surface area contributed by atoms with E-state index in [1.807, 2.05) is 60.7 Å². The van der Waals surface area contributed by atoms with Gasteiger partial charge in [-0.25, -0.2) is 4.98 Å². The third-order valence-corrected chi connectivity index (χ3v) is 4.99. The predicted octanol–water partition coefficient (Wildman–Crippen LogP) is 5.64. The van der Waals surface area contributed by atoms with Crippen LogP contribution in [0.15, 0.2) is 91.0 Å². The SMILES string of the molecule is COc1cc(CC(=O)Nc2cccc(-c3cccc(O)c3)n2)ccc1OCc1ccccc1.Cl. The lowest BCUT2D eigenvalue weighted by molar-refractivity contribution is -0.115. The molecule has 0 saturated heterocycles. The summed E-state index contributed by atoms with van der Waals surface area (Å²) in [7, 11) is 1.57. The second-order valence-corrected chi connectivity index (χ2v) is 7.44. The molecule has 0 saturated carbocycles. The van der Waals surface area contributed by atoms with Crippen molar-refractivity contribution in [1.29, 1.82) is 0 Å². The lowest BCUT2D eigenvalue weighted by Gasteiger charge is -2.12. The van der Waals surface area contributed by atoms with Gasteiger partial charge in [-0.2, -0.15) is 0 Å². The number of hydrogen-bond donors (Lipinski definition) is 2. The van der Waals surface area contributed by atoms with E-state index < -0.39 is 0 Å². The normalized spacial score (nSPS) is 10.1. The number of phenols is 1. The average Bonchev–Trinajstić information content (AvgIpc) is 2.84. The number of rotatable bonds is 8. The van der Waals surface area contributed by atoms with Crippen molar-refractivity contribution in [2.45, 2.75) is 13.0 Å². The Morgan fingerprint density at radius 1 is 0.882 bits per heavy atom. The maximum atomic E-state index is 12.6. The van der Waals surface area contributed by atoms with E-state index in [2.05, 4.69) is 10.3 Å². The van der Waals surface area contributed by atoms with Crippen molar-refractivity contribution in [1.82, 2.24) is 4.98 Å². The Balaban J connectivity index is 0.00000324. The van der Waals surface area contributed by atoms with Crippen LogP contribution in [0.3, 0.4) is 0 Å². The number of benzene rings is 3.